The van der Waals surface area contributed by atoms with Gasteiger partial charge in [0.25, 0.3) is 5.56 Å². The molecule has 2 heterocycles. The minimum Gasteiger partial charge on any atom is -0.387 e. The van der Waals surface area contributed by atoms with Crippen LogP contribution in [-0.4, -0.2) is 63.8 Å². The van der Waals surface area contributed by atoms with Crippen LogP contribution in [-0.2, 0) is 38.8 Å². The number of hydrogen-bond acceptors (Lipinski definition) is 11. The van der Waals surface area contributed by atoms with E-state index in [0.29, 0.717) is 0 Å². The van der Waals surface area contributed by atoms with Crippen molar-refractivity contribution in [2.75, 3.05) is 6.61 Å². The highest BCUT2D eigenvalue weighted by Gasteiger charge is 2.54. The summed E-state index contributed by atoms with van der Waals surface area (Å²) in [7, 11) is -11.0. The first-order valence-corrected chi connectivity index (χ1v) is 13.2. The van der Waals surface area contributed by atoms with E-state index in [4.69, 9.17) is 19.0 Å². The van der Waals surface area contributed by atoms with E-state index in [0.717, 1.165) is 23.8 Å². The summed E-state index contributed by atoms with van der Waals surface area (Å²) in [5.41, 5.74) is -3.79. The average molecular weight is 514 g/mol. The largest absolute Gasteiger partial charge is 0.488 e. The fraction of sp³-hybridized carbons (Fsp3) is 0.600. The molecule has 1 aromatic heterocycles. The topological polar surface area (TPSA) is 247 Å². The minimum atomic E-state index is -5.53. The first-order valence-electron chi connectivity index (χ1n) is 7.59. The van der Waals surface area contributed by atoms with E-state index in [1.807, 2.05) is 4.98 Å². The van der Waals surface area contributed by atoms with E-state index < -0.39 is 64.3 Å². The van der Waals surface area contributed by atoms with E-state index in [2.05, 4.69) is 20.4 Å². The molecule has 6 atom stereocenters. The van der Waals surface area contributed by atoms with Crippen LogP contribution in [0.2, 0.25) is 0 Å². The van der Waals surface area contributed by atoms with Gasteiger partial charge in [-0.3, -0.25) is 14.3 Å². The van der Waals surface area contributed by atoms with E-state index >= 15 is 0 Å². The molecule has 1 aliphatic rings. The summed E-state index contributed by atoms with van der Waals surface area (Å²) in [6.07, 6.45) is -3.74. The zero-order valence-electron chi connectivity index (χ0n) is 14.7. The molecule has 0 spiro atoms. The van der Waals surface area contributed by atoms with Gasteiger partial charge in [-0.2, -0.15) is 4.31 Å². The molecule has 20 heteroatoms. The van der Waals surface area contributed by atoms with Gasteiger partial charge in [0.2, 0.25) is 0 Å². The van der Waals surface area contributed by atoms with Crippen molar-refractivity contribution >= 4 is 34.2 Å². The van der Waals surface area contributed by atoms with Gasteiger partial charge in [-0.15, -0.1) is 0 Å². The normalized spacial score (nSPS) is 31.2. The molecule has 0 aliphatic carbocycles. The van der Waals surface area contributed by atoms with Gasteiger partial charge >= 0.3 is 28.1 Å². The molecule has 7 N–H and O–H groups in total. The number of H-pyrrole nitrogens is 1. The average Bonchev–Trinajstić information content (AvgIpc) is 2.73. The number of ether oxygens (including phenoxy) is 1. The zero-order valence-corrected chi connectivity index (χ0v) is 18.2. The van der Waals surface area contributed by atoms with Gasteiger partial charge in [0.15, 0.2) is 6.23 Å². The summed E-state index contributed by atoms with van der Waals surface area (Å²) >= 11 is 4.43. The van der Waals surface area contributed by atoms with Crippen LogP contribution in [0.5, 0.6) is 0 Å². The molecular weight excluding hydrogens is 497 g/mol. The van der Waals surface area contributed by atoms with Gasteiger partial charge in [-0.1, -0.05) is 0 Å². The number of nitrogens with one attached hydrogen (secondary N) is 1. The Balaban J connectivity index is 2.13. The quantitative estimate of drug-likeness (QED) is 0.186. The number of hydrogen-bond donors (Lipinski definition) is 7. The van der Waals surface area contributed by atoms with Crippen LogP contribution in [0, 0.1) is 0 Å². The number of aliphatic hydroxyl groups excluding tert-OH is 1. The molecule has 1 saturated heterocycles. The fourth-order valence-corrected chi connectivity index (χ4v) is 6.43. The number of phosphoric acid groups is 2. The Labute approximate surface area is 171 Å². The summed E-state index contributed by atoms with van der Waals surface area (Å²) < 4.78 is 40.4. The highest BCUT2D eigenvalue weighted by Crippen LogP contribution is 2.66. The molecule has 1 fully saturated rings. The second-order valence-corrected chi connectivity index (χ2v) is 11.9. The Morgan fingerprint density at radius 1 is 1.27 bits per heavy atom. The van der Waals surface area contributed by atoms with Crippen LogP contribution in [0.25, 0.3) is 0 Å². The van der Waals surface area contributed by atoms with Crippen molar-refractivity contribution in [3.63, 3.8) is 0 Å². The van der Waals surface area contributed by atoms with Gasteiger partial charge in [-0.25, -0.2) is 18.2 Å². The highest BCUT2D eigenvalue weighted by molar-refractivity contribution is 8.08. The van der Waals surface area contributed by atoms with Gasteiger partial charge in [-0.05, 0) is 18.7 Å². The summed E-state index contributed by atoms with van der Waals surface area (Å²) in [4.78, 5) is 61.1. The molecule has 0 saturated carbocycles. The lowest BCUT2D eigenvalue weighted by Crippen LogP contribution is -2.46. The van der Waals surface area contributed by atoms with Gasteiger partial charge in [0.05, 0.1) is 6.61 Å². The van der Waals surface area contributed by atoms with Crippen molar-refractivity contribution in [2.24, 2.45) is 0 Å². The van der Waals surface area contributed by atoms with Crippen molar-refractivity contribution in [1.82, 2.24) is 9.55 Å². The lowest BCUT2D eigenvalue weighted by Gasteiger charge is -2.27. The summed E-state index contributed by atoms with van der Waals surface area (Å²) in [5, 5.41) is 20.8. The van der Waals surface area contributed by atoms with Crippen LogP contribution in [0.4, 0.5) is 0 Å². The third-order valence-electron chi connectivity index (χ3n) is 3.68. The molecule has 0 bridgehead atoms. The molecular formula is C10H17N2O14P3S. The monoisotopic (exact) mass is 514 g/mol. The molecule has 30 heavy (non-hydrogen) atoms. The molecule has 0 amide bonds. The number of aromatic amines is 1. The summed E-state index contributed by atoms with van der Waals surface area (Å²) in [6.45, 7) is -4.42. The van der Waals surface area contributed by atoms with Gasteiger partial charge < -0.3 is 39.0 Å². The Morgan fingerprint density at radius 3 is 2.40 bits per heavy atom. The van der Waals surface area contributed by atoms with Crippen LogP contribution in [0.1, 0.15) is 13.2 Å². The summed E-state index contributed by atoms with van der Waals surface area (Å²) in [5.74, 6) is 0. The van der Waals surface area contributed by atoms with Gasteiger partial charge in [0.1, 0.15) is 17.8 Å². The maximum atomic E-state index is 11.9. The van der Waals surface area contributed by atoms with Crippen molar-refractivity contribution in [3.05, 3.63) is 33.1 Å². The molecule has 172 valence electrons. The molecule has 2 rings (SSSR count). The molecule has 1 aliphatic heterocycles. The predicted octanol–water partition coefficient (Wildman–Crippen LogP) is -1.99. The number of aliphatic hydroxyl groups is 2. The second-order valence-electron chi connectivity index (χ2n) is 6.10. The third kappa shape index (κ3) is 6.45. The molecule has 1 unspecified atom stereocenters. The van der Waals surface area contributed by atoms with E-state index in [1.54, 1.807) is 0 Å². The molecule has 16 nitrogen and oxygen atoms in total. The Morgan fingerprint density at radius 2 is 1.87 bits per heavy atom. The highest BCUT2D eigenvalue weighted by atomic mass is 32.5. The Hall–Kier alpha value is -0.610. The Bertz CT molecular complexity index is 1050. The Kier molecular flexibility index (Phi) is 7.46. The fourth-order valence-electron chi connectivity index (χ4n) is 2.46. The van der Waals surface area contributed by atoms with Crippen molar-refractivity contribution in [3.8, 4) is 0 Å². The van der Waals surface area contributed by atoms with Crippen molar-refractivity contribution in [1.29, 1.82) is 0 Å². The number of rotatable bonds is 8. The van der Waals surface area contributed by atoms with E-state index in [9.17, 15) is 38.7 Å². The van der Waals surface area contributed by atoms with E-state index in [-0.39, 0.29) is 0 Å². The SMILES string of the molecule is C[C@@]1(O)[C@H](O)[C@@H](CO[P@@](O)(=S)OP(=O)(O)OP(=O)(O)O)O[C@H]1n1ccc(=O)[nH]c1=O. The first-order chi connectivity index (χ1) is 13.4. The molecule has 0 radical (unpaired) electrons. The lowest BCUT2D eigenvalue weighted by molar-refractivity contribution is -0.0985. The van der Waals surface area contributed by atoms with Crippen LogP contribution < -0.4 is 11.2 Å². The van der Waals surface area contributed by atoms with Crippen LogP contribution in [0.15, 0.2) is 21.9 Å². The number of nitrogens with zero attached hydrogens (tertiary/aromatic N) is 1. The lowest BCUT2D eigenvalue weighted by atomic mass is 9.96. The molecule has 0 aromatic carbocycles. The van der Waals surface area contributed by atoms with Crippen molar-refractivity contribution in [2.45, 2.75) is 31.0 Å². The second kappa shape index (κ2) is 8.73. The maximum Gasteiger partial charge on any atom is 0.488 e. The predicted molar refractivity (Wildman–Crippen MR) is 98.4 cm³/mol. The first kappa shape index (κ1) is 25.6. The van der Waals surface area contributed by atoms with Gasteiger partial charge in [0, 0.05) is 12.3 Å². The van der Waals surface area contributed by atoms with Crippen molar-refractivity contribution < 1.29 is 56.8 Å². The van der Waals surface area contributed by atoms with Crippen LogP contribution in [0.3, 0.4) is 0 Å². The minimum absolute atomic E-state index is 0.724. The maximum absolute atomic E-state index is 11.9. The zero-order chi connectivity index (χ0) is 23.1. The number of aromatic nitrogens is 2. The smallest absolute Gasteiger partial charge is 0.387 e. The molecule has 1 aromatic rings. The van der Waals surface area contributed by atoms with Crippen LogP contribution >= 0.6 is 22.4 Å². The summed E-state index contributed by atoms with van der Waals surface area (Å²) in [6, 6.07) is 0.957. The standard InChI is InChI=1S/C10H17N2O14P3S/c1-10(16)7(14)5(24-8(10)12-3-2-6(13)11-9(12)15)4-23-29(22,30)26-28(20,21)25-27(17,18)19/h2-3,5,7-8,14,16H,4H2,1H3,(H,20,21)(H,22,30)(H,11,13,15)(H2,17,18,19)/t5-,7-,8-,10-,29-/m1/s1. The van der Waals surface area contributed by atoms with E-state index in [1.165, 1.54) is 0 Å². The third-order valence-corrected chi connectivity index (χ3v) is 8.40.